The van der Waals surface area contributed by atoms with Crippen LogP contribution in [0.3, 0.4) is 0 Å². The van der Waals surface area contributed by atoms with Gasteiger partial charge in [0.15, 0.2) is 0 Å². The number of benzene rings is 1. The second-order valence-electron chi connectivity index (χ2n) is 5.71. The molecule has 1 amide bonds. The van der Waals surface area contributed by atoms with Crippen molar-refractivity contribution in [3.05, 3.63) is 33.1 Å². The summed E-state index contributed by atoms with van der Waals surface area (Å²) in [5.41, 5.74) is 6.10. The molecule has 0 bridgehead atoms. The van der Waals surface area contributed by atoms with Crippen LogP contribution in [0.1, 0.15) is 30.6 Å². The van der Waals surface area contributed by atoms with Gasteiger partial charge in [0, 0.05) is 22.7 Å². The summed E-state index contributed by atoms with van der Waals surface area (Å²) in [7, 11) is 0. The van der Waals surface area contributed by atoms with Gasteiger partial charge in [-0.05, 0) is 46.6 Å². The Morgan fingerprint density at radius 3 is 2.79 bits per heavy atom. The van der Waals surface area contributed by atoms with Crippen molar-refractivity contribution in [1.29, 1.82) is 0 Å². The normalized spacial score (nSPS) is 22.4. The first-order chi connectivity index (χ1) is 8.83. The van der Waals surface area contributed by atoms with E-state index in [1.807, 2.05) is 36.4 Å². The minimum Gasteiger partial charge on any atom is -0.338 e. The number of nitrogens with two attached hydrogens (primary N) is 1. The molecule has 0 aliphatic carbocycles. The van der Waals surface area contributed by atoms with Crippen LogP contribution < -0.4 is 5.73 Å². The van der Waals surface area contributed by atoms with Crippen LogP contribution in [0.5, 0.6) is 0 Å². The first-order valence-electron chi connectivity index (χ1n) is 6.32. The van der Waals surface area contributed by atoms with Gasteiger partial charge in [-0.25, -0.2) is 4.39 Å². The number of halogens is 2. The zero-order valence-corrected chi connectivity index (χ0v) is 13.3. The van der Waals surface area contributed by atoms with Gasteiger partial charge in [-0.2, -0.15) is 0 Å². The number of piperidine rings is 1. The van der Waals surface area contributed by atoms with E-state index < -0.39 is 5.82 Å². The number of carbonyl (C=O) groups is 1. The summed E-state index contributed by atoms with van der Waals surface area (Å²) < 4.78 is 14.5. The van der Waals surface area contributed by atoms with Gasteiger partial charge in [-0.15, -0.1) is 0 Å². The Labute approximate surface area is 126 Å². The molecule has 0 saturated carbocycles. The quantitative estimate of drug-likeness (QED) is 0.767. The van der Waals surface area contributed by atoms with Crippen molar-refractivity contribution in [2.45, 2.75) is 26.3 Å². The molecule has 1 aliphatic rings. The summed E-state index contributed by atoms with van der Waals surface area (Å²) in [6, 6.07) is 4.77. The van der Waals surface area contributed by atoms with E-state index in [-0.39, 0.29) is 22.9 Å². The van der Waals surface area contributed by atoms with E-state index in [4.69, 9.17) is 5.73 Å². The predicted molar refractivity (Wildman–Crippen MR) is 81.4 cm³/mol. The summed E-state index contributed by atoms with van der Waals surface area (Å²) in [6.07, 6.45) is 0.754. The molecule has 104 valence electrons. The second kappa shape index (κ2) is 5.36. The molecule has 5 heteroatoms. The molecule has 0 radical (unpaired) electrons. The van der Waals surface area contributed by atoms with Gasteiger partial charge in [0.1, 0.15) is 5.82 Å². The van der Waals surface area contributed by atoms with E-state index in [1.165, 1.54) is 6.07 Å². The molecule has 1 heterocycles. The van der Waals surface area contributed by atoms with Crippen molar-refractivity contribution < 1.29 is 9.18 Å². The van der Waals surface area contributed by atoms with Crippen LogP contribution in [0.4, 0.5) is 4.39 Å². The van der Waals surface area contributed by atoms with Crippen LogP contribution in [0, 0.1) is 14.8 Å². The van der Waals surface area contributed by atoms with Crippen molar-refractivity contribution in [2.24, 2.45) is 11.1 Å². The Kier molecular flexibility index (Phi) is 4.15. The number of hydrogen-bond acceptors (Lipinski definition) is 2. The van der Waals surface area contributed by atoms with E-state index in [0.29, 0.717) is 16.7 Å². The maximum absolute atomic E-state index is 13.8. The van der Waals surface area contributed by atoms with Gasteiger partial charge in [0.05, 0.1) is 5.56 Å². The predicted octanol–water partition coefficient (Wildman–Crippen LogP) is 2.63. The summed E-state index contributed by atoms with van der Waals surface area (Å²) in [4.78, 5) is 14.2. The van der Waals surface area contributed by atoms with Crippen molar-refractivity contribution in [1.82, 2.24) is 4.90 Å². The summed E-state index contributed by atoms with van der Waals surface area (Å²) in [5.74, 6) is -0.688. The smallest absolute Gasteiger partial charge is 0.257 e. The van der Waals surface area contributed by atoms with Crippen LogP contribution in [-0.2, 0) is 0 Å². The average molecular weight is 376 g/mol. The van der Waals surface area contributed by atoms with Crippen LogP contribution >= 0.6 is 22.6 Å². The number of carbonyl (C=O) groups excluding carboxylic acids is 1. The van der Waals surface area contributed by atoms with Crippen LogP contribution in [0.2, 0.25) is 0 Å². The summed E-state index contributed by atoms with van der Waals surface area (Å²) in [6.45, 7) is 5.25. The number of rotatable bonds is 1. The molecule has 2 rings (SSSR count). The van der Waals surface area contributed by atoms with E-state index in [1.54, 1.807) is 17.0 Å². The molecular weight excluding hydrogens is 358 g/mol. The molecule has 2 N–H and O–H groups in total. The standard InChI is InChI=1S/C14H18FIN2O/c1-14(2)8-18(7-6-11(14)17)13(19)12-9(15)4-3-5-10(12)16/h3-5,11H,6-8,17H2,1-2H3. The van der Waals surface area contributed by atoms with Crippen molar-refractivity contribution in [3.63, 3.8) is 0 Å². The molecule has 0 spiro atoms. The van der Waals surface area contributed by atoms with E-state index in [9.17, 15) is 9.18 Å². The van der Waals surface area contributed by atoms with Crippen molar-refractivity contribution in [3.8, 4) is 0 Å². The van der Waals surface area contributed by atoms with Gasteiger partial charge >= 0.3 is 0 Å². The fourth-order valence-electron chi connectivity index (χ4n) is 2.41. The number of nitrogens with zero attached hydrogens (tertiary/aromatic N) is 1. The first-order valence-corrected chi connectivity index (χ1v) is 7.39. The third-order valence-electron chi connectivity index (χ3n) is 3.78. The highest BCUT2D eigenvalue weighted by molar-refractivity contribution is 14.1. The van der Waals surface area contributed by atoms with Crippen LogP contribution in [-0.4, -0.2) is 29.9 Å². The summed E-state index contributed by atoms with van der Waals surface area (Å²) in [5, 5.41) is 0. The highest BCUT2D eigenvalue weighted by atomic mass is 127. The molecule has 1 saturated heterocycles. The fraction of sp³-hybridized carbons (Fsp3) is 0.500. The van der Waals surface area contributed by atoms with E-state index >= 15 is 0 Å². The molecule has 1 aliphatic heterocycles. The van der Waals surface area contributed by atoms with Gasteiger partial charge in [0.2, 0.25) is 0 Å². The molecule has 3 nitrogen and oxygen atoms in total. The maximum Gasteiger partial charge on any atom is 0.257 e. The zero-order chi connectivity index (χ0) is 14.2. The Hall–Kier alpha value is -0.690. The van der Waals surface area contributed by atoms with E-state index in [2.05, 4.69) is 0 Å². The topological polar surface area (TPSA) is 46.3 Å². The Bertz CT molecular complexity index is 484. The highest BCUT2D eigenvalue weighted by Gasteiger charge is 2.36. The molecule has 19 heavy (non-hydrogen) atoms. The lowest BCUT2D eigenvalue weighted by Gasteiger charge is -2.42. The molecular formula is C14H18FIN2O. The fourth-order valence-corrected chi connectivity index (χ4v) is 3.10. The minimum absolute atomic E-state index is 0.0799. The van der Waals surface area contributed by atoms with Gasteiger partial charge in [-0.1, -0.05) is 19.9 Å². The lowest BCUT2D eigenvalue weighted by atomic mass is 9.79. The van der Waals surface area contributed by atoms with Crippen molar-refractivity contribution >= 4 is 28.5 Å². The number of hydrogen-bond donors (Lipinski definition) is 1. The first kappa shape index (κ1) is 14.7. The monoisotopic (exact) mass is 376 g/mol. The molecule has 1 atom stereocenters. The largest absolute Gasteiger partial charge is 0.338 e. The second-order valence-corrected chi connectivity index (χ2v) is 6.87. The lowest BCUT2D eigenvalue weighted by Crippen LogP contribution is -2.54. The Morgan fingerprint density at radius 2 is 2.21 bits per heavy atom. The highest BCUT2D eigenvalue weighted by Crippen LogP contribution is 2.29. The summed E-state index contributed by atoms with van der Waals surface area (Å²) >= 11 is 2.00. The van der Waals surface area contributed by atoms with Gasteiger partial charge in [-0.3, -0.25) is 4.79 Å². The minimum atomic E-state index is -0.454. The molecule has 1 aromatic rings. The average Bonchev–Trinajstić information content (AvgIpc) is 2.32. The molecule has 1 fully saturated rings. The maximum atomic E-state index is 13.8. The van der Waals surface area contributed by atoms with Crippen LogP contribution in [0.15, 0.2) is 18.2 Å². The third-order valence-corrected chi connectivity index (χ3v) is 4.67. The molecule has 1 unspecified atom stereocenters. The third kappa shape index (κ3) is 2.91. The SMILES string of the molecule is CC1(C)CN(C(=O)c2c(F)cccc2I)CCC1N. The lowest BCUT2D eigenvalue weighted by molar-refractivity contribution is 0.0527. The molecule has 1 aromatic carbocycles. The van der Waals surface area contributed by atoms with Crippen LogP contribution in [0.25, 0.3) is 0 Å². The van der Waals surface area contributed by atoms with Gasteiger partial charge < -0.3 is 10.6 Å². The number of amides is 1. The Morgan fingerprint density at radius 1 is 1.53 bits per heavy atom. The van der Waals surface area contributed by atoms with E-state index in [0.717, 1.165) is 6.42 Å². The zero-order valence-electron chi connectivity index (χ0n) is 11.1. The molecule has 0 aromatic heterocycles. The van der Waals surface area contributed by atoms with Gasteiger partial charge in [0.25, 0.3) is 5.91 Å². The number of likely N-dealkylation sites (tertiary alicyclic amines) is 1. The van der Waals surface area contributed by atoms with Crippen molar-refractivity contribution in [2.75, 3.05) is 13.1 Å². The Balaban J connectivity index is 2.26.